The van der Waals surface area contributed by atoms with Gasteiger partial charge >= 0.3 is 6.36 Å². The van der Waals surface area contributed by atoms with Crippen molar-refractivity contribution in [1.82, 2.24) is 0 Å². The van der Waals surface area contributed by atoms with E-state index in [1.54, 1.807) is 13.0 Å². The number of hydrogen-bond donors (Lipinski definition) is 0. The van der Waals surface area contributed by atoms with Gasteiger partial charge in [-0.05, 0) is 49.7 Å². The highest BCUT2D eigenvalue weighted by molar-refractivity contribution is 5.62. The van der Waals surface area contributed by atoms with E-state index in [9.17, 15) is 13.2 Å². The zero-order valence-corrected chi connectivity index (χ0v) is 14.6. The van der Waals surface area contributed by atoms with E-state index >= 15 is 0 Å². The van der Waals surface area contributed by atoms with E-state index in [2.05, 4.69) is 10.8 Å². The van der Waals surface area contributed by atoms with Gasteiger partial charge in [0.2, 0.25) is 0 Å². The lowest BCUT2D eigenvalue weighted by Gasteiger charge is -2.18. The predicted molar refractivity (Wildman–Crippen MR) is 91.7 cm³/mol. The summed E-state index contributed by atoms with van der Waals surface area (Å²) in [6.07, 6.45) is 7.29. The zero-order valence-electron chi connectivity index (χ0n) is 14.6. The quantitative estimate of drug-likeness (QED) is 0.574. The van der Waals surface area contributed by atoms with Gasteiger partial charge in [0, 0.05) is 5.56 Å². The van der Waals surface area contributed by atoms with Crippen LogP contribution in [0.15, 0.2) is 18.2 Å². The Morgan fingerprint density at radius 2 is 1.84 bits per heavy atom. The fourth-order valence-corrected chi connectivity index (χ4v) is 3.38. The van der Waals surface area contributed by atoms with E-state index in [-0.39, 0.29) is 11.5 Å². The highest BCUT2D eigenvalue weighted by Crippen LogP contribution is 2.39. The normalized spacial score (nSPS) is 18.9. The summed E-state index contributed by atoms with van der Waals surface area (Å²) in [5, 5.41) is 0. The lowest BCUT2D eigenvalue weighted by Crippen LogP contribution is -2.19. The van der Waals surface area contributed by atoms with Gasteiger partial charge in [-0.1, -0.05) is 43.9 Å². The van der Waals surface area contributed by atoms with Gasteiger partial charge in [0.05, 0.1) is 6.61 Å². The molecule has 0 radical (unpaired) electrons. The summed E-state index contributed by atoms with van der Waals surface area (Å²) in [6, 6.07) is 3.40. The fraction of sp³-hybridized carbons (Fsp3) is 0.600. The minimum Gasteiger partial charge on any atom is -0.490 e. The molecule has 2 aliphatic rings. The summed E-state index contributed by atoms with van der Waals surface area (Å²) >= 11 is 0. The average Bonchev–Trinajstić information content (AvgIpc) is 3.23. The van der Waals surface area contributed by atoms with Crippen molar-refractivity contribution in [2.24, 2.45) is 11.8 Å². The number of alkyl halides is 3. The maximum Gasteiger partial charge on any atom is 0.573 e. The molecule has 5 heteroatoms. The maximum absolute atomic E-state index is 12.8. The highest BCUT2D eigenvalue weighted by Gasteiger charge is 2.33. The first-order valence-electron chi connectivity index (χ1n) is 9.13. The van der Waals surface area contributed by atoms with Crippen LogP contribution in [0.3, 0.4) is 0 Å². The van der Waals surface area contributed by atoms with Crippen molar-refractivity contribution in [1.29, 1.82) is 0 Å². The number of hydrogen-bond acceptors (Lipinski definition) is 2. The minimum atomic E-state index is -4.73. The van der Waals surface area contributed by atoms with Crippen LogP contribution in [0.5, 0.6) is 11.5 Å². The van der Waals surface area contributed by atoms with Crippen LogP contribution in [0, 0.1) is 18.8 Å². The van der Waals surface area contributed by atoms with Crippen molar-refractivity contribution in [3.8, 4) is 11.5 Å². The Morgan fingerprint density at radius 1 is 1.12 bits per heavy atom. The second-order valence-corrected chi connectivity index (χ2v) is 7.14. The molecule has 0 N–H and O–H groups in total. The van der Waals surface area contributed by atoms with Crippen LogP contribution >= 0.6 is 0 Å². The van der Waals surface area contributed by atoms with Crippen molar-refractivity contribution >= 4 is 6.08 Å². The standard InChI is InChI=1S/C20H25F3O2/c1-14-17(9-8-16-6-7-16)10-11-18(19(14)25-20(21,22)23)24-13-12-15-4-2-3-5-15/h8-11,15-16H,2-7,12-13H2,1H3/b9-8+. The Morgan fingerprint density at radius 3 is 2.48 bits per heavy atom. The fourth-order valence-electron chi connectivity index (χ4n) is 3.38. The molecule has 0 atom stereocenters. The van der Waals surface area contributed by atoms with E-state index in [4.69, 9.17) is 4.74 Å². The smallest absolute Gasteiger partial charge is 0.490 e. The summed E-state index contributed by atoms with van der Waals surface area (Å²) < 4.78 is 48.4. The van der Waals surface area contributed by atoms with Gasteiger partial charge in [-0.2, -0.15) is 0 Å². The Hall–Kier alpha value is -1.65. The van der Waals surface area contributed by atoms with Crippen molar-refractivity contribution in [3.05, 3.63) is 29.3 Å². The molecule has 25 heavy (non-hydrogen) atoms. The molecule has 0 spiro atoms. The van der Waals surface area contributed by atoms with Crippen LogP contribution in [0.2, 0.25) is 0 Å². The summed E-state index contributed by atoms with van der Waals surface area (Å²) in [7, 11) is 0. The van der Waals surface area contributed by atoms with Gasteiger partial charge in [0.15, 0.2) is 11.5 Å². The van der Waals surface area contributed by atoms with Crippen LogP contribution in [0.25, 0.3) is 6.08 Å². The number of allylic oxidation sites excluding steroid dienone is 1. The summed E-state index contributed by atoms with van der Waals surface area (Å²) in [5.74, 6) is 1.16. The van der Waals surface area contributed by atoms with Crippen LogP contribution < -0.4 is 9.47 Å². The molecule has 2 fully saturated rings. The summed E-state index contributed by atoms with van der Waals surface area (Å²) in [4.78, 5) is 0. The second kappa shape index (κ2) is 7.71. The van der Waals surface area contributed by atoms with Crippen molar-refractivity contribution in [2.45, 2.75) is 58.2 Å². The lowest BCUT2D eigenvalue weighted by atomic mass is 10.0. The molecule has 2 saturated carbocycles. The van der Waals surface area contributed by atoms with E-state index in [0.29, 0.717) is 24.0 Å². The average molecular weight is 354 g/mol. The first-order valence-corrected chi connectivity index (χ1v) is 9.13. The third kappa shape index (κ3) is 5.41. The van der Waals surface area contributed by atoms with Crippen molar-refractivity contribution in [2.75, 3.05) is 6.61 Å². The summed E-state index contributed by atoms with van der Waals surface area (Å²) in [5.41, 5.74) is 1.21. The van der Waals surface area contributed by atoms with Gasteiger partial charge in [-0.25, -0.2) is 0 Å². The second-order valence-electron chi connectivity index (χ2n) is 7.14. The third-order valence-corrected chi connectivity index (χ3v) is 5.06. The third-order valence-electron chi connectivity index (χ3n) is 5.06. The zero-order chi connectivity index (χ0) is 17.9. The highest BCUT2D eigenvalue weighted by atomic mass is 19.4. The first-order chi connectivity index (χ1) is 11.9. The molecule has 0 aromatic heterocycles. The monoisotopic (exact) mass is 354 g/mol. The summed E-state index contributed by atoms with van der Waals surface area (Å²) in [6.45, 7) is 2.08. The molecule has 0 aliphatic heterocycles. The number of ether oxygens (including phenoxy) is 2. The Balaban J connectivity index is 1.73. The molecule has 0 bridgehead atoms. The van der Waals surface area contributed by atoms with Gasteiger partial charge < -0.3 is 9.47 Å². The molecule has 3 rings (SSSR count). The van der Waals surface area contributed by atoms with Gasteiger partial charge in [0.1, 0.15) is 0 Å². The molecule has 138 valence electrons. The Bertz CT molecular complexity index is 612. The Kier molecular flexibility index (Phi) is 5.60. The molecular formula is C20H25F3O2. The van der Waals surface area contributed by atoms with E-state index in [1.807, 2.05) is 12.1 Å². The van der Waals surface area contributed by atoms with Gasteiger partial charge in [-0.3, -0.25) is 0 Å². The largest absolute Gasteiger partial charge is 0.573 e. The number of rotatable bonds is 7. The van der Waals surface area contributed by atoms with E-state index in [0.717, 1.165) is 24.8 Å². The van der Waals surface area contributed by atoms with Crippen LogP contribution in [-0.4, -0.2) is 13.0 Å². The molecule has 0 heterocycles. The molecular weight excluding hydrogens is 329 g/mol. The van der Waals surface area contributed by atoms with Crippen molar-refractivity contribution < 1.29 is 22.6 Å². The van der Waals surface area contributed by atoms with Crippen molar-refractivity contribution in [3.63, 3.8) is 0 Å². The maximum atomic E-state index is 12.8. The lowest BCUT2D eigenvalue weighted by molar-refractivity contribution is -0.275. The predicted octanol–water partition coefficient (Wildman–Crippen LogP) is 6.28. The molecule has 2 aliphatic carbocycles. The number of halogens is 3. The number of benzene rings is 1. The molecule has 1 aromatic rings. The van der Waals surface area contributed by atoms with E-state index in [1.165, 1.54) is 25.7 Å². The van der Waals surface area contributed by atoms with Crippen LogP contribution in [0.4, 0.5) is 13.2 Å². The molecule has 0 saturated heterocycles. The minimum absolute atomic E-state index is 0.177. The van der Waals surface area contributed by atoms with Crippen LogP contribution in [0.1, 0.15) is 56.1 Å². The molecule has 1 aromatic carbocycles. The SMILES string of the molecule is Cc1c(/C=C/C2CC2)ccc(OCCC2CCCC2)c1OC(F)(F)F. The van der Waals surface area contributed by atoms with Gasteiger partial charge in [-0.15, -0.1) is 13.2 Å². The molecule has 2 nitrogen and oxygen atoms in total. The first kappa shape index (κ1) is 18.2. The Labute approximate surface area is 147 Å². The molecule has 0 amide bonds. The topological polar surface area (TPSA) is 18.5 Å². The molecule has 0 unspecified atom stereocenters. The van der Waals surface area contributed by atoms with E-state index < -0.39 is 6.36 Å². The van der Waals surface area contributed by atoms with Crippen LogP contribution in [-0.2, 0) is 0 Å². The van der Waals surface area contributed by atoms with Gasteiger partial charge in [0.25, 0.3) is 0 Å².